The molecule has 5 rings (SSSR count). The van der Waals surface area contributed by atoms with Crippen LogP contribution in [0.1, 0.15) is 28.8 Å². The van der Waals surface area contributed by atoms with Gasteiger partial charge in [0.1, 0.15) is 0 Å². The number of nitrogens with zero attached hydrogens (tertiary/aromatic N) is 6. The summed E-state index contributed by atoms with van der Waals surface area (Å²) in [4.78, 5) is 31.7. The highest BCUT2D eigenvalue weighted by atomic mass is 16.4. The lowest BCUT2D eigenvalue weighted by Crippen LogP contribution is -2.46. The summed E-state index contributed by atoms with van der Waals surface area (Å²) in [6, 6.07) is 20.5. The summed E-state index contributed by atoms with van der Waals surface area (Å²) < 4.78 is 1.77. The largest absolute Gasteiger partial charge is 0.465 e. The molecule has 1 aliphatic rings. The summed E-state index contributed by atoms with van der Waals surface area (Å²) in [6.07, 6.45) is 2.07. The molecule has 0 bridgehead atoms. The molecule has 2 aromatic heterocycles. The Balaban J connectivity index is 1.33. The zero-order valence-corrected chi connectivity index (χ0v) is 19.7. The van der Waals surface area contributed by atoms with E-state index in [9.17, 15) is 14.7 Å². The number of likely N-dealkylation sites (tertiary alicyclic amines) is 1. The number of nitriles is 1. The molecule has 0 saturated carbocycles. The van der Waals surface area contributed by atoms with Crippen LogP contribution in [0.15, 0.2) is 66.9 Å². The number of hydrogen-bond acceptors (Lipinski definition) is 5. The van der Waals surface area contributed by atoms with Crippen molar-refractivity contribution in [1.82, 2.24) is 24.4 Å². The molecule has 2 aromatic carbocycles. The van der Waals surface area contributed by atoms with Gasteiger partial charge in [0, 0.05) is 42.9 Å². The lowest BCUT2D eigenvalue weighted by atomic mass is 10.0. The first-order chi connectivity index (χ1) is 17.4. The van der Waals surface area contributed by atoms with Crippen LogP contribution in [0.2, 0.25) is 0 Å². The van der Waals surface area contributed by atoms with Crippen LogP contribution in [-0.4, -0.2) is 67.7 Å². The van der Waals surface area contributed by atoms with Gasteiger partial charge in [0.05, 0.1) is 29.2 Å². The van der Waals surface area contributed by atoms with Crippen LogP contribution in [0, 0.1) is 11.3 Å². The highest BCUT2D eigenvalue weighted by Crippen LogP contribution is 2.24. The monoisotopic (exact) mass is 480 g/mol. The Labute approximate surface area is 207 Å². The molecule has 180 valence electrons. The van der Waals surface area contributed by atoms with E-state index < -0.39 is 6.09 Å². The van der Waals surface area contributed by atoms with Crippen LogP contribution >= 0.6 is 0 Å². The van der Waals surface area contributed by atoms with Gasteiger partial charge >= 0.3 is 6.09 Å². The average Bonchev–Trinajstić information content (AvgIpc) is 3.36. The Bertz CT molecular complexity index is 1460. The minimum Gasteiger partial charge on any atom is -0.465 e. The first-order valence-electron chi connectivity index (χ1n) is 11.7. The van der Waals surface area contributed by atoms with Crippen molar-refractivity contribution >= 4 is 17.6 Å². The number of carbonyl (C=O) groups is 2. The first-order valence-corrected chi connectivity index (χ1v) is 11.7. The predicted molar refractivity (Wildman–Crippen MR) is 133 cm³/mol. The second-order valence-corrected chi connectivity index (χ2v) is 8.82. The van der Waals surface area contributed by atoms with E-state index in [-0.39, 0.29) is 11.9 Å². The van der Waals surface area contributed by atoms with Gasteiger partial charge in [-0.05, 0) is 49.2 Å². The fourth-order valence-corrected chi connectivity index (χ4v) is 4.52. The second kappa shape index (κ2) is 9.50. The van der Waals surface area contributed by atoms with Crippen molar-refractivity contribution in [2.24, 2.45) is 0 Å². The first kappa shape index (κ1) is 23.1. The maximum absolute atomic E-state index is 13.0. The van der Waals surface area contributed by atoms with E-state index in [4.69, 9.17) is 10.4 Å². The normalized spacial score (nSPS) is 13.9. The van der Waals surface area contributed by atoms with Crippen molar-refractivity contribution in [2.75, 3.05) is 20.1 Å². The number of carbonyl (C=O) groups excluding carboxylic acids is 1. The topological polar surface area (TPSA) is 115 Å². The van der Waals surface area contributed by atoms with E-state index in [0.29, 0.717) is 42.7 Å². The van der Waals surface area contributed by atoms with Gasteiger partial charge in [-0.3, -0.25) is 4.79 Å². The molecule has 0 aliphatic carbocycles. The number of carboxylic acid groups (broad SMARTS) is 1. The smallest absolute Gasteiger partial charge is 0.407 e. The van der Waals surface area contributed by atoms with E-state index in [2.05, 4.69) is 11.1 Å². The third-order valence-corrected chi connectivity index (χ3v) is 6.70. The van der Waals surface area contributed by atoms with E-state index >= 15 is 0 Å². The second-order valence-electron chi connectivity index (χ2n) is 8.82. The Morgan fingerprint density at radius 2 is 1.67 bits per heavy atom. The summed E-state index contributed by atoms with van der Waals surface area (Å²) in [5, 5.41) is 23.0. The standard InChI is InChI=1S/C27H24N6O3/c1-31(27(35)36)22-12-14-32(15-13-22)26(34)21-8-6-19(7-9-21)23-10-11-25-29-17-24(33(25)30-23)20-4-2-18(16-28)3-5-20/h2-11,17,22H,12-15H2,1H3,(H,35,36). The number of aromatic nitrogens is 3. The molecule has 0 atom stereocenters. The molecule has 0 radical (unpaired) electrons. The van der Waals surface area contributed by atoms with E-state index in [1.165, 1.54) is 4.90 Å². The van der Waals surface area contributed by atoms with Crippen LogP contribution in [0.25, 0.3) is 28.2 Å². The van der Waals surface area contributed by atoms with Gasteiger partial charge in [-0.25, -0.2) is 14.3 Å². The van der Waals surface area contributed by atoms with E-state index in [1.54, 1.807) is 46.9 Å². The molecule has 4 aromatic rings. The molecule has 0 spiro atoms. The van der Waals surface area contributed by atoms with Crippen LogP contribution in [0.4, 0.5) is 4.79 Å². The molecule has 1 fully saturated rings. The SMILES string of the molecule is CN(C(=O)O)C1CCN(C(=O)c2ccc(-c3ccc4ncc(-c5ccc(C#N)cc5)n4n3)cc2)CC1. The maximum Gasteiger partial charge on any atom is 0.407 e. The van der Waals surface area contributed by atoms with Gasteiger partial charge in [0.2, 0.25) is 0 Å². The highest BCUT2D eigenvalue weighted by Gasteiger charge is 2.27. The summed E-state index contributed by atoms with van der Waals surface area (Å²) in [6.45, 7) is 1.06. The number of hydrogen-bond donors (Lipinski definition) is 1. The van der Waals surface area contributed by atoms with Crippen LogP contribution < -0.4 is 0 Å². The van der Waals surface area contributed by atoms with Gasteiger partial charge < -0.3 is 14.9 Å². The Morgan fingerprint density at radius 3 is 2.31 bits per heavy atom. The van der Waals surface area contributed by atoms with Crippen LogP contribution in [0.5, 0.6) is 0 Å². The minimum absolute atomic E-state index is 0.0564. The summed E-state index contributed by atoms with van der Waals surface area (Å²) in [5.41, 5.74) is 5.23. The molecule has 9 nitrogen and oxygen atoms in total. The fraction of sp³-hybridized carbons (Fsp3) is 0.222. The number of benzene rings is 2. The molecule has 2 amide bonds. The number of rotatable bonds is 4. The molecule has 1 saturated heterocycles. The van der Waals surface area contributed by atoms with Crippen molar-refractivity contribution in [2.45, 2.75) is 18.9 Å². The van der Waals surface area contributed by atoms with E-state index in [1.807, 2.05) is 36.4 Å². The number of fused-ring (bicyclic) bond motifs is 1. The number of imidazole rings is 1. The van der Waals surface area contributed by atoms with Crippen molar-refractivity contribution in [3.63, 3.8) is 0 Å². The van der Waals surface area contributed by atoms with Gasteiger partial charge in [0.15, 0.2) is 5.65 Å². The quantitative estimate of drug-likeness (QED) is 0.469. The Morgan fingerprint density at radius 1 is 1.00 bits per heavy atom. The molecule has 1 N–H and O–H groups in total. The van der Waals surface area contributed by atoms with Crippen molar-refractivity contribution in [1.29, 1.82) is 5.26 Å². The van der Waals surface area contributed by atoms with Crippen molar-refractivity contribution in [3.8, 4) is 28.6 Å². The van der Waals surface area contributed by atoms with Gasteiger partial charge in [0.25, 0.3) is 5.91 Å². The maximum atomic E-state index is 13.0. The lowest BCUT2D eigenvalue weighted by Gasteiger charge is -2.35. The van der Waals surface area contributed by atoms with Gasteiger partial charge in [-0.15, -0.1) is 0 Å². The predicted octanol–water partition coefficient (Wildman–Crippen LogP) is 4.15. The highest BCUT2D eigenvalue weighted by molar-refractivity contribution is 5.94. The van der Waals surface area contributed by atoms with Gasteiger partial charge in [-0.1, -0.05) is 24.3 Å². The van der Waals surface area contributed by atoms with Crippen LogP contribution in [0.3, 0.4) is 0 Å². The molecule has 0 unspecified atom stereocenters. The third kappa shape index (κ3) is 4.36. The number of piperidine rings is 1. The van der Waals surface area contributed by atoms with Crippen molar-refractivity contribution < 1.29 is 14.7 Å². The average molecular weight is 481 g/mol. The van der Waals surface area contributed by atoms with Gasteiger partial charge in [-0.2, -0.15) is 10.4 Å². The summed E-state index contributed by atoms with van der Waals surface area (Å²) in [5.74, 6) is -0.0564. The summed E-state index contributed by atoms with van der Waals surface area (Å²) in [7, 11) is 1.58. The Hall–Kier alpha value is -4.71. The Kier molecular flexibility index (Phi) is 6.09. The molecule has 3 heterocycles. The zero-order chi connectivity index (χ0) is 25.2. The van der Waals surface area contributed by atoms with Crippen molar-refractivity contribution in [3.05, 3.63) is 78.0 Å². The lowest BCUT2D eigenvalue weighted by molar-refractivity contribution is 0.0644. The molecular weight excluding hydrogens is 456 g/mol. The number of amides is 2. The molecule has 36 heavy (non-hydrogen) atoms. The van der Waals surface area contributed by atoms with Crippen LogP contribution in [-0.2, 0) is 0 Å². The zero-order valence-electron chi connectivity index (χ0n) is 19.7. The molecular formula is C27H24N6O3. The minimum atomic E-state index is -0.943. The molecule has 9 heteroatoms. The fourth-order valence-electron chi connectivity index (χ4n) is 4.52. The molecule has 1 aliphatic heterocycles. The summed E-state index contributed by atoms with van der Waals surface area (Å²) >= 11 is 0. The van der Waals surface area contributed by atoms with E-state index in [0.717, 1.165) is 22.5 Å². The third-order valence-electron chi connectivity index (χ3n) is 6.70.